The van der Waals surface area contributed by atoms with Gasteiger partial charge in [-0.3, -0.25) is 0 Å². The SMILES string of the molecule is [O-][P+](O)(O)c1ccccc1.[O-][P+]([O-])([O-])c1ccccc1.[Sr+2]. The van der Waals surface area contributed by atoms with Crippen molar-refractivity contribution in [2.45, 2.75) is 0 Å². The van der Waals surface area contributed by atoms with E-state index in [0.717, 1.165) is 0 Å². The Kier molecular flexibility index (Phi) is 9.88. The van der Waals surface area contributed by atoms with Gasteiger partial charge in [-0.25, -0.2) is 9.79 Å². The average Bonchev–Trinajstić information content (AvgIpc) is 2.40. The molecule has 0 spiro atoms. The van der Waals surface area contributed by atoms with Crippen LogP contribution in [0.25, 0.3) is 0 Å². The second kappa shape index (κ2) is 9.63. The van der Waals surface area contributed by atoms with Crippen molar-refractivity contribution in [3.8, 4) is 0 Å². The average molecular weight is 402 g/mol. The van der Waals surface area contributed by atoms with Crippen molar-refractivity contribution < 1.29 is 29.4 Å². The van der Waals surface area contributed by atoms with E-state index in [4.69, 9.17) is 9.79 Å². The van der Waals surface area contributed by atoms with E-state index in [0.29, 0.717) is 0 Å². The Hall–Kier alpha value is 0.541. The van der Waals surface area contributed by atoms with E-state index in [1.54, 1.807) is 24.3 Å². The van der Waals surface area contributed by atoms with Crippen molar-refractivity contribution in [3.05, 3.63) is 60.7 Å². The van der Waals surface area contributed by atoms with Crippen LogP contribution in [-0.4, -0.2) is 55.3 Å². The molecule has 0 aliphatic carbocycles. The molecule has 0 aromatic heterocycles. The molecule has 9 heteroatoms. The third-order valence-electron chi connectivity index (χ3n) is 2.16. The van der Waals surface area contributed by atoms with Crippen molar-refractivity contribution >= 4 is 72.0 Å². The van der Waals surface area contributed by atoms with Crippen LogP contribution in [0.3, 0.4) is 0 Å². The number of rotatable bonds is 2. The molecule has 108 valence electrons. The van der Waals surface area contributed by atoms with Gasteiger partial charge in [0.15, 0.2) is 0 Å². The molecule has 0 aliphatic rings. The van der Waals surface area contributed by atoms with E-state index < -0.39 is 15.9 Å². The molecule has 2 aromatic rings. The molecule has 0 unspecified atom stereocenters. The zero-order chi connectivity index (χ0) is 15.2. The first-order valence-electron chi connectivity index (χ1n) is 5.40. The molecule has 2 aromatic carbocycles. The van der Waals surface area contributed by atoms with E-state index in [1.165, 1.54) is 36.4 Å². The van der Waals surface area contributed by atoms with Gasteiger partial charge in [-0.2, -0.15) is 0 Å². The monoisotopic (exact) mass is 402 g/mol. The van der Waals surface area contributed by atoms with Crippen molar-refractivity contribution in [2.24, 2.45) is 0 Å². The smallest absolute Gasteiger partial charge is 0.684 e. The first-order chi connectivity index (χ1) is 9.21. The van der Waals surface area contributed by atoms with Crippen molar-refractivity contribution in [1.82, 2.24) is 0 Å². The fourth-order valence-corrected chi connectivity index (χ4v) is 2.33. The fraction of sp³-hybridized carbons (Fsp3) is 0. The van der Waals surface area contributed by atoms with Crippen LogP contribution in [-0.2, 0) is 0 Å². The summed E-state index contributed by atoms with van der Waals surface area (Å²) >= 11 is 0. The molecule has 0 radical (unpaired) electrons. The molecule has 0 fully saturated rings. The molecular formula is C12H12O6P2Sr. The Balaban J connectivity index is 0.000000364. The van der Waals surface area contributed by atoms with Gasteiger partial charge >= 0.3 is 45.5 Å². The van der Waals surface area contributed by atoms with Gasteiger partial charge in [-0.05, 0) is 24.3 Å². The fourth-order valence-electron chi connectivity index (χ4n) is 1.23. The molecular weight excluding hydrogens is 390 g/mol. The Labute approximate surface area is 160 Å². The predicted molar refractivity (Wildman–Crippen MR) is 76.2 cm³/mol. The van der Waals surface area contributed by atoms with Crippen LogP contribution < -0.4 is 30.2 Å². The minimum Gasteiger partial charge on any atom is -0.684 e. The van der Waals surface area contributed by atoms with E-state index in [-0.39, 0.29) is 56.1 Å². The Morgan fingerprint density at radius 3 is 1.14 bits per heavy atom. The molecule has 21 heavy (non-hydrogen) atoms. The van der Waals surface area contributed by atoms with Crippen LogP contribution in [0.4, 0.5) is 0 Å². The first kappa shape index (κ1) is 21.5. The standard InChI is InChI=1S/2C6H7O3P.Sr/c2*7-10(8,9)6-4-2-1-3-5-6;/h2*1-5H,(H2,7,8,9);/q;;+2/p-2. The number of hydrogen-bond acceptors (Lipinski definition) is 6. The topological polar surface area (TPSA) is 133 Å². The molecule has 6 nitrogen and oxygen atoms in total. The summed E-state index contributed by atoms with van der Waals surface area (Å²) in [6.07, 6.45) is 0. The van der Waals surface area contributed by atoms with Gasteiger partial charge in [-0.1, -0.05) is 36.4 Å². The van der Waals surface area contributed by atoms with Crippen LogP contribution in [0.2, 0.25) is 0 Å². The molecule has 0 amide bonds. The Morgan fingerprint density at radius 1 is 0.619 bits per heavy atom. The van der Waals surface area contributed by atoms with E-state index in [1.807, 2.05) is 0 Å². The maximum absolute atomic E-state index is 10.5. The molecule has 0 bridgehead atoms. The largest absolute Gasteiger partial charge is 2.00 e. The summed E-state index contributed by atoms with van der Waals surface area (Å²) in [6, 6.07) is 14.9. The van der Waals surface area contributed by atoms with Crippen molar-refractivity contribution in [2.75, 3.05) is 0 Å². The van der Waals surface area contributed by atoms with Crippen LogP contribution in [0.15, 0.2) is 60.7 Å². The molecule has 0 saturated heterocycles. The molecule has 0 aliphatic heterocycles. The van der Waals surface area contributed by atoms with Crippen LogP contribution in [0.5, 0.6) is 0 Å². The summed E-state index contributed by atoms with van der Waals surface area (Å²) < 4.78 is 0. The molecule has 0 saturated carbocycles. The summed E-state index contributed by atoms with van der Waals surface area (Å²) in [5.41, 5.74) is 0. The van der Waals surface area contributed by atoms with E-state index in [9.17, 15) is 19.6 Å². The van der Waals surface area contributed by atoms with Crippen LogP contribution >= 0.6 is 15.9 Å². The summed E-state index contributed by atoms with van der Waals surface area (Å²) in [6.45, 7) is 0. The van der Waals surface area contributed by atoms with Crippen molar-refractivity contribution in [3.63, 3.8) is 0 Å². The third kappa shape index (κ3) is 8.67. The zero-order valence-corrected chi connectivity index (χ0v) is 16.2. The quantitative estimate of drug-likeness (QED) is 0.412. The van der Waals surface area contributed by atoms with Crippen LogP contribution in [0, 0.1) is 0 Å². The van der Waals surface area contributed by atoms with Crippen molar-refractivity contribution in [1.29, 1.82) is 0 Å². The van der Waals surface area contributed by atoms with E-state index in [2.05, 4.69) is 0 Å². The second-order valence-corrected chi connectivity index (χ2v) is 6.83. The molecule has 2 N–H and O–H groups in total. The minimum atomic E-state index is -4.52. The molecule has 0 atom stereocenters. The van der Waals surface area contributed by atoms with E-state index >= 15 is 0 Å². The molecule has 2 rings (SSSR count). The Bertz CT molecular complexity index is 463. The number of hydrogen-bond donors (Lipinski definition) is 2. The van der Waals surface area contributed by atoms with Crippen LogP contribution in [0.1, 0.15) is 0 Å². The van der Waals surface area contributed by atoms with Gasteiger partial charge in [0.1, 0.15) is 5.30 Å². The third-order valence-corrected chi connectivity index (χ3v) is 4.07. The summed E-state index contributed by atoms with van der Waals surface area (Å²) in [4.78, 5) is 58.6. The van der Waals surface area contributed by atoms with Gasteiger partial charge in [0, 0.05) is 0 Å². The maximum Gasteiger partial charge on any atom is 2.00 e. The van der Waals surface area contributed by atoms with Gasteiger partial charge in [0.25, 0.3) is 7.94 Å². The second-order valence-electron chi connectivity index (χ2n) is 3.71. The predicted octanol–water partition coefficient (Wildman–Crippen LogP) is -2.81. The van der Waals surface area contributed by atoms with Gasteiger partial charge in [0.05, 0.1) is 5.30 Å². The van der Waals surface area contributed by atoms with Gasteiger partial charge < -0.3 is 19.6 Å². The number of benzene rings is 2. The minimum absolute atomic E-state index is 0. The maximum atomic E-state index is 10.5. The zero-order valence-electron chi connectivity index (χ0n) is 10.9. The van der Waals surface area contributed by atoms with Gasteiger partial charge in [-0.15, -0.1) is 7.94 Å². The summed E-state index contributed by atoms with van der Waals surface area (Å²) in [7, 11) is -8.54. The normalized spacial score (nSPS) is 11.0. The Morgan fingerprint density at radius 2 is 0.952 bits per heavy atom. The summed E-state index contributed by atoms with van der Waals surface area (Å²) in [5, 5.41) is -0.0926. The summed E-state index contributed by atoms with van der Waals surface area (Å²) in [5.74, 6) is 0. The first-order valence-corrected chi connectivity index (χ1v) is 8.55. The van der Waals surface area contributed by atoms with Gasteiger partial charge in [0.2, 0.25) is 0 Å². The molecule has 0 heterocycles.